The van der Waals surface area contributed by atoms with Crippen molar-refractivity contribution in [2.75, 3.05) is 0 Å². The van der Waals surface area contributed by atoms with Crippen LogP contribution in [0.1, 0.15) is 74.1 Å². The normalized spacial score (nSPS) is 11.4. The molecule has 0 aliphatic heterocycles. The summed E-state index contributed by atoms with van der Waals surface area (Å²) in [5, 5.41) is 20.3. The molecule has 0 saturated heterocycles. The van der Waals surface area contributed by atoms with Gasteiger partial charge in [0.2, 0.25) is 0 Å². The molecule has 2 nitrogen and oxygen atoms in total. The zero-order valence-electron chi connectivity index (χ0n) is 14.0. The number of hydrogen-bond acceptors (Lipinski definition) is 2. The Kier molecular flexibility index (Phi) is 7.35. The van der Waals surface area contributed by atoms with Crippen LogP contribution in [-0.4, -0.2) is 10.2 Å². The van der Waals surface area contributed by atoms with Crippen LogP contribution in [0.3, 0.4) is 0 Å². The third-order valence-electron chi connectivity index (χ3n) is 4.30. The predicted octanol–water partition coefficient (Wildman–Crippen LogP) is 5.79. The van der Waals surface area contributed by atoms with Crippen molar-refractivity contribution in [3.8, 4) is 11.5 Å². The van der Waals surface area contributed by atoms with Crippen molar-refractivity contribution in [2.45, 2.75) is 72.6 Å². The van der Waals surface area contributed by atoms with Gasteiger partial charge < -0.3 is 10.2 Å². The van der Waals surface area contributed by atoms with Gasteiger partial charge in [-0.15, -0.1) is 0 Å². The molecular weight excluding hydrogens is 260 g/mol. The number of hydrogen-bond donors (Lipinski definition) is 2. The Morgan fingerprint density at radius 2 is 1.33 bits per heavy atom. The highest BCUT2D eigenvalue weighted by Crippen LogP contribution is 2.36. The molecular formula is C19H30O2. The van der Waals surface area contributed by atoms with E-state index >= 15 is 0 Å². The van der Waals surface area contributed by atoms with E-state index in [1.165, 1.54) is 38.5 Å². The van der Waals surface area contributed by atoms with Gasteiger partial charge in [0.25, 0.3) is 0 Å². The van der Waals surface area contributed by atoms with Gasteiger partial charge in [0.1, 0.15) is 11.5 Å². The van der Waals surface area contributed by atoms with Gasteiger partial charge in [0.05, 0.1) is 0 Å². The SMILES string of the molecule is CCCCCCCC/C=C\c1c(C)c(O)c(C)c(C)c1O. The predicted molar refractivity (Wildman–Crippen MR) is 91.0 cm³/mol. The molecule has 0 radical (unpaired) electrons. The van der Waals surface area contributed by atoms with Crippen LogP contribution in [0.2, 0.25) is 0 Å². The first-order valence-corrected chi connectivity index (χ1v) is 8.18. The minimum Gasteiger partial charge on any atom is -0.507 e. The van der Waals surface area contributed by atoms with Crippen LogP contribution >= 0.6 is 0 Å². The third-order valence-corrected chi connectivity index (χ3v) is 4.30. The van der Waals surface area contributed by atoms with E-state index in [1.807, 2.05) is 26.8 Å². The molecule has 0 heterocycles. The summed E-state index contributed by atoms with van der Waals surface area (Å²) in [6.45, 7) is 7.76. The molecule has 0 aromatic heterocycles. The van der Waals surface area contributed by atoms with Gasteiger partial charge in [-0.3, -0.25) is 0 Å². The second-order valence-electron chi connectivity index (χ2n) is 5.94. The van der Waals surface area contributed by atoms with Crippen LogP contribution in [0, 0.1) is 20.8 Å². The molecule has 0 unspecified atom stereocenters. The van der Waals surface area contributed by atoms with Crippen LogP contribution in [0.15, 0.2) is 6.08 Å². The van der Waals surface area contributed by atoms with E-state index in [9.17, 15) is 10.2 Å². The summed E-state index contributed by atoms with van der Waals surface area (Å²) in [5.41, 5.74) is 3.03. The van der Waals surface area contributed by atoms with Crippen molar-refractivity contribution in [3.63, 3.8) is 0 Å². The maximum Gasteiger partial charge on any atom is 0.126 e. The zero-order valence-corrected chi connectivity index (χ0v) is 14.0. The Morgan fingerprint density at radius 1 is 0.762 bits per heavy atom. The standard InChI is InChI=1S/C19H30O2/c1-5-6-7-8-9-10-11-12-13-17-16(4)18(20)14(2)15(3)19(17)21/h12-13,20-21H,5-11H2,1-4H3/b13-12-. The number of rotatable bonds is 8. The quantitative estimate of drug-likeness (QED) is 0.470. The van der Waals surface area contributed by atoms with E-state index in [0.29, 0.717) is 11.5 Å². The lowest BCUT2D eigenvalue weighted by atomic mass is 9.97. The van der Waals surface area contributed by atoms with Crippen LogP contribution < -0.4 is 0 Å². The fourth-order valence-electron chi connectivity index (χ4n) is 2.59. The van der Waals surface area contributed by atoms with Gasteiger partial charge in [-0.25, -0.2) is 0 Å². The monoisotopic (exact) mass is 290 g/mol. The lowest BCUT2D eigenvalue weighted by Gasteiger charge is -2.13. The lowest BCUT2D eigenvalue weighted by Crippen LogP contribution is -1.92. The van der Waals surface area contributed by atoms with E-state index in [4.69, 9.17) is 0 Å². The summed E-state index contributed by atoms with van der Waals surface area (Å²) in [7, 11) is 0. The third kappa shape index (κ3) is 4.80. The van der Waals surface area contributed by atoms with Gasteiger partial charge in [-0.05, 0) is 44.7 Å². The topological polar surface area (TPSA) is 40.5 Å². The molecule has 21 heavy (non-hydrogen) atoms. The summed E-state index contributed by atoms with van der Waals surface area (Å²) in [4.78, 5) is 0. The summed E-state index contributed by atoms with van der Waals surface area (Å²) >= 11 is 0. The highest BCUT2D eigenvalue weighted by atomic mass is 16.3. The van der Waals surface area contributed by atoms with Gasteiger partial charge in [-0.2, -0.15) is 0 Å². The zero-order chi connectivity index (χ0) is 15.8. The minimum absolute atomic E-state index is 0.294. The van der Waals surface area contributed by atoms with Crippen LogP contribution in [-0.2, 0) is 0 Å². The molecule has 1 rings (SSSR count). The van der Waals surface area contributed by atoms with Crippen LogP contribution in [0.5, 0.6) is 11.5 Å². The van der Waals surface area contributed by atoms with Crippen molar-refractivity contribution >= 4 is 6.08 Å². The Morgan fingerprint density at radius 3 is 2.00 bits per heavy atom. The average Bonchev–Trinajstić information content (AvgIpc) is 2.49. The number of phenols is 2. The first-order chi connectivity index (χ1) is 10.0. The molecule has 0 fully saturated rings. The average molecular weight is 290 g/mol. The number of unbranched alkanes of at least 4 members (excludes halogenated alkanes) is 6. The molecule has 0 aliphatic rings. The molecule has 2 N–H and O–H groups in total. The van der Waals surface area contributed by atoms with Crippen LogP contribution in [0.4, 0.5) is 0 Å². The maximum absolute atomic E-state index is 10.2. The molecule has 1 aromatic carbocycles. The van der Waals surface area contributed by atoms with E-state index in [0.717, 1.165) is 28.7 Å². The minimum atomic E-state index is 0.294. The molecule has 0 bridgehead atoms. The number of aromatic hydroxyl groups is 2. The van der Waals surface area contributed by atoms with Crippen molar-refractivity contribution in [3.05, 3.63) is 28.3 Å². The largest absolute Gasteiger partial charge is 0.507 e. The summed E-state index contributed by atoms with van der Waals surface area (Å²) in [6.07, 6.45) is 12.8. The van der Waals surface area contributed by atoms with Crippen LogP contribution in [0.25, 0.3) is 6.08 Å². The summed E-state index contributed by atoms with van der Waals surface area (Å²) in [5.74, 6) is 0.589. The Bertz CT molecular complexity index is 458. The van der Waals surface area contributed by atoms with E-state index in [1.54, 1.807) is 0 Å². The van der Waals surface area contributed by atoms with Gasteiger partial charge in [-0.1, -0.05) is 51.2 Å². The second-order valence-corrected chi connectivity index (χ2v) is 5.94. The van der Waals surface area contributed by atoms with Crippen molar-refractivity contribution < 1.29 is 10.2 Å². The highest BCUT2D eigenvalue weighted by molar-refractivity contribution is 5.68. The number of allylic oxidation sites excluding steroid dienone is 1. The summed E-state index contributed by atoms with van der Waals surface area (Å²) in [6, 6.07) is 0. The number of phenolic OH excluding ortho intramolecular Hbond substituents is 2. The molecule has 0 atom stereocenters. The molecule has 118 valence electrons. The van der Waals surface area contributed by atoms with Crippen molar-refractivity contribution in [1.82, 2.24) is 0 Å². The van der Waals surface area contributed by atoms with Crippen molar-refractivity contribution in [1.29, 1.82) is 0 Å². The smallest absolute Gasteiger partial charge is 0.126 e. The van der Waals surface area contributed by atoms with E-state index in [-0.39, 0.29) is 0 Å². The molecule has 0 saturated carbocycles. The fourth-order valence-corrected chi connectivity index (χ4v) is 2.59. The van der Waals surface area contributed by atoms with Gasteiger partial charge >= 0.3 is 0 Å². The fraction of sp³-hybridized carbons (Fsp3) is 0.579. The maximum atomic E-state index is 10.2. The van der Waals surface area contributed by atoms with E-state index < -0.39 is 0 Å². The molecule has 0 amide bonds. The lowest BCUT2D eigenvalue weighted by molar-refractivity contribution is 0.448. The Hall–Kier alpha value is -1.44. The first-order valence-electron chi connectivity index (χ1n) is 8.18. The molecule has 0 spiro atoms. The molecule has 0 aliphatic carbocycles. The second kappa shape index (κ2) is 8.76. The van der Waals surface area contributed by atoms with E-state index in [2.05, 4.69) is 13.0 Å². The Labute approximate surface area is 129 Å². The summed E-state index contributed by atoms with van der Waals surface area (Å²) < 4.78 is 0. The molecule has 2 heteroatoms. The highest BCUT2D eigenvalue weighted by Gasteiger charge is 2.14. The first kappa shape index (κ1) is 17.6. The molecule has 1 aromatic rings. The van der Waals surface area contributed by atoms with Crippen molar-refractivity contribution in [2.24, 2.45) is 0 Å². The van der Waals surface area contributed by atoms with Gasteiger partial charge in [0.15, 0.2) is 0 Å². The Balaban J connectivity index is 2.57. The van der Waals surface area contributed by atoms with Gasteiger partial charge in [0, 0.05) is 11.1 Å². The number of benzene rings is 1.